The number of amides is 1. The van der Waals surface area contributed by atoms with Gasteiger partial charge in [0.05, 0.1) is 6.04 Å². The van der Waals surface area contributed by atoms with E-state index in [2.05, 4.69) is 5.32 Å². The number of hydrogen-bond donors (Lipinski definition) is 1. The fourth-order valence-electron chi connectivity index (χ4n) is 1.85. The van der Waals surface area contributed by atoms with Gasteiger partial charge in [0.1, 0.15) is 11.6 Å². The van der Waals surface area contributed by atoms with Crippen molar-refractivity contribution >= 4 is 5.91 Å². The predicted molar refractivity (Wildman–Crippen MR) is 70.7 cm³/mol. The van der Waals surface area contributed by atoms with Gasteiger partial charge in [-0.25, -0.2) is 8.78 Å². The molecule has 0 aliphatic carbocycles. The van der Waals surface area contributed by atoms with Crippen molar-refractivity contribution < 1.29 is 13.6 Å². The minimum absolute atomic E-state index is 0.0498. The number of carbonyl (C=O) groups is 1. The number of benzene rings is 1. The fourth-order valence-corrected chi connectivity index (χ4v) is 1.85. The monoisotopic (exact) mass is 270 g/mol. The van der Waals surface area contributed by atoms with E-state index in [4.69, 9.17) is 0 Å². The number of likely N-dealkylation sites (N-methyl/N-ethyl adjacent to an activating group) is 1. The second-order valence-corrected chi connectivity index (χ2v) is 4.67. The highest BCUT2D eigenvalue weighted by Crippen LogP contribution is 2.16. The van der Waals surface area contributed by atoms with Crippen LogP contribution >= 0.6 is 0 Å². The first-order valence-electron chi connectivity index (χ1n) is 6.32. The van der Waals surface area contributed by atoms with Crippen LogP contribution in [0.4, 0.5) is 8.78 Å². The first-order valence-corrected chi connectivity index (χ1v) is 6.32. The Hall–Kier alpha value is -1.49. The van der Waals surface area contributed by atoms with Crippen LogP contribution in [0, 0.1) is 11.6 Å². The summed E-state index contributed by atoms with van der Waals surface area (Å²) in [5.41, 5.74) is 0.483. The smallest absolute Gasteiger partial charge is 0.239 e. The molecule has 0 saturated carbocycles. The minimum atomic E-state index is -0.617. The second kappa shape index (κ2) is 6.61. The second-order valence-electron chi connectivity index (χ2n) is 4.67. The lowest BCUT2D eigenvalue weighted by atomic mass is 10.1. The first kappa shape index (κ1) is 15.6. The largest absolute Gasteiger partial charge is 0.345 e. The Balaban J connectivity index is 2.73. The van der Waals surface area contributed by atoms with Crippen LogP contribution in [-0.4, -0.2) is 30.4 Å². The Morgan fingerprint density at radius 1 is 1.26 bits per heavy atom. The molecule has 3 nitrogen and oxygen atoms in total. The molecule has 0 aliphatic heterocycles. The van der Waals surface area contributed by atoms with Gasteiger partial charge in [-0.1, -0.05) is 0 Å². The van der Waals surface area contributed by atoms with Gasteiger partial charge in [0.25, 0.3) is 0 Å². The van der Waals surface area contributed by atoms with Crippen molar-refractivity contribution in [2.75, 3.05) is 13.6 Å². The maximum Gasteiger partial charge on any atom is 0.239 e. The summed E-state index contributed by atoms with van der Waals surface area (Å²) in [6.45, 7) is 6.01. The van der Waals surface area contributed by atoms with Crippen LogP contribution in [0.5, 0.6) is 0 Å². The van der Waals surface area contributed by atoms with E-state index in [9.17, 15) is 13.6 Å². The fraction of sp³-hybridized carbons (Fsp3) is 0.500. The zero-order valence-corrected chi connectivity index (χ0v) is 11.7. The molecule has 2 unspecified atom stereocenters. The third-order valence-corrected chi connectivity index (χ3v) is 3.11. The lowest BCUT2D eigenvalue weighted by Gasteiger charge is -2.24. The molecule has 0 heterocycles. The standard InChI is InChI=1S/C14H20F2N2O/c1-5-18(4)14(19)10(3)17-9(2)11-6-12(15)8-13(16)7-11/h6-10,17H,5H2,1-4H3. The number of carbonyl (C=O) groups excluding carboxylic acids is 1. The summed E-state index contributed by atoms with van der Waals surface area (Å²) in [5.74, 6) is -1.28. The minimum Gasteiger partial charge on any atom is -0.345 e. The van der Waals surface area contributed by atoms with Gasteiger partial charge in [-0.05, 0) is 38.5 Å². The van der Waals surface area contributed by atoms with Crippen LogP contribution in [0.3, 0.4) is 0 Å². The molecule has 0 aromatic heterocycles. The third-order valence-electron chi connectivity index (χ3n) is 3.11. The molecule has 0 spiro atoms. The molecular formula is C14H20F2N2O. The van der Waals surface area contributed by atoms with Crippen LogP contribution in [-0.2, 0) is 4.79 Å². The number of rotatable bonds is 5. The van der Waals surface area contributed by atoms with Crippen molar-refractivity contribution in [3.8, 4) is 0 Å². The molecule has 1 N–H and O–H groups in total. The van der Waals surface area contributed by atoms with Crippen molar-refractivity contribution in [1.29, 1.82) is 0 Å². The van der Waals surface area contributed by atoms with E-state index in [1.165, 1.54) is 12.1 Å². The van der Waals surface area contributed by atoms with E-state index in [1.807, 2.05) is 6.92 Å². The molecule has 0 radical (unpaired) electrons. The molecule has 1 amide bonds. The Bertz CT molecular complexity index is 431. The van der Waals surface area contributed by atoms with E-state index in [0.717, 1.165) is 6.07 Å². The number of hydrogen-bond acceptors (Lipinski definition) is 2. The van der Waals surface area contributed by atoms with Gasteiger partial charge in [0.15, 0.2) is 0 Å². The summed E-state index contributed by atoms with van der Waals surface area (Å²) in [6.07, 6.45) is 0. The molecule has 1 aromatic carbocycles. The molecule has 5 heteroatoms. The number of nitrogens with zero attached hydrogens (tertiary/aromatic N) is 1. The molecule has 0 bridgehead atoms. The first-order chi connectivity index (χ1) is 8.85. The van der Waals surface area contributed by atoms with Gasteiger partial charge in [0.2, 0.25) is 5.91 Å². The molecule has 1 aromatic rings. The molecule has 0 aliphatic rings. The molecule has 106 valence electrons. The summed E-state index contributed by atoms with van der Waals surface area (Å²) < 4.78 is 26.2. The van der Waals surface area contributed by atoms with Gasteiger partial charge in [-0.3, -0.25) is 10.1 Å². The molecule has 0 fully saturated rings. The van der Waals surface area contributed by atoms with Gasteiger partial charge in [0, 0.05) is 25.7 Å². The predicted octanol–water partition coefficient (Wildman–Crippen LogP) is 2.48. The zero-order valence-electron chi connectivity index (χ0n) is 11.7. The average Bonchev–Trinajstić information content (AvgIpc) is 2.35. The van der Waals surface area contributed by atoms with Crippen molar-refractivity contribution in [1.82, 2.24) is 10.2 Å². The summed E-state index contributed by atoms with van der Waals surface area (Å²) in [7, 11) is 1.72. The summed E-state index contributed by atoms with van der Waals surface area (Å²) in [6, 6.07) is 2.64. The SMILES string of the molecule is CCN(C)C(=O)C(C)NC(C)c1cc(F)cc(F)c1. The highest BCUT2D eigenvalue weighted by Gasteiger charge is 2.19. The van der Waals surface area contributed by atoms with E-state index in [0.29, 0.717) is 12.1 Å². The van der Waals surface area contributed by atoms with Crippen LogP contribution in [0.1, 0.15) is 32.4 Å². The maximum absolute atomic E-state index is 13.1. The van der Waals surface area contributed by atoms with E-state index in [-0.39, 0.29) is 11.9 Å². The van der Waals surface area contributed by atoms with Crippen molar-refractivity contribution in [3.63, 3.8) is 0 Å². The zero-order chi connectivity index (χ0) is 14.6. The van der Waals surface area contributed by atoms with Crippen molar-refractivity contribution in [3.05, 3.63) is 35.4 Å². The molecule has 0 saturated heterocycles. The van der Waals surface area contributed by atoms with Crippen LogP contribution in [0.25, 0.3) is 0 Å². The lowest BCUT2D eigenvalue weighted by molar-refractivity contribution is -0.131. The highest BCUT2D eigenvalue weighted by molar-refractivity contribution is 5.81. The Labute approximate surface area is 112 Å². The normalized spacial score (nSPS) is 14.0. The quantitative estimate of drug-likeness (QED) is 0.891. The molecule has 2 atom stereocenters. The van der Waals surface area contributed by atoms with Crippen LogP contribution in [0.2, 0.25) is 0 Å². The average molecular weight is 270 g/mol. The number of halogens is 2. The van der Waals surface area contributed by atoms with Crippen molar-refractivity contribution in [2.24, 2.45) is 0 Å². The Morgan fingerprint density at radius 3 is 2.26 bits per heavy atom. The van der Waals surface area contributed by atoms with Gasteiger partial charge >= 0.3 is 0 Å². The van der Waals surface area contributed by atoms with Crippen LogP contribution < -0.4 is 5.32 Å². The van der Waals surface area contributed by atoms with E-state index >= 15 is 0 Å². The Kier molecular flexibility index (Phi) is 5.42. The number of nitrogens with one attached hydrogen (secondary N) is 1. The third kappa shape index (κ3) is 4.28. The molecule has 1 rings (SSSR count). The van der Waals surface area contributed by atoms with Gasteiger partial charge in [-0.15, -0.1) is 0 Å². The van der Waals surface area contributed by atoms with Crippen molar-refractivity contribution in [2.45, 2.75) is 32.9 Å². The summed E-state index contributed by atoms with van der Waals surface area (Å²) in [4.78, 5) is 13.5. The van der Waals surface area contributed by atoms with Gasteiger partial charge in [-0.2, -0.15) is 0 Å². The lowest BCUT2D eigenvalue weighted by Crippen LogP contribution is -2.43. The molecule has 19 heavy (non-hydrogen) atoms. The van der Waals surface area contributed by atoms with Gasteiger partial charge < -0.3 is 4.90 Å². The van der Waals surface area contributed by atoms with E-state index < -0.39 is 17.7 Å². The topological polar surface area (TPSA) is 32.3 Å². The summed E-state index contributed by atoms with van der Waals surface area (Å²) in [5, 5.41) is 3.04. The maximum atomic E-state index is 13.1. The Morgan fingerprint density at radius 2 is 1.79 bits per heavy atom. The highest BCUT2D eigenvalue weighted by atomic mass is 19.1. The van der Waals surface area contributed by atoms with Crippen LogP contribution in [0.15, 0.2) is 18.2 Å². The summed E-state index contributed by atoms with van der Waals surface area (Å²) >= 11 is 0. The van der Waals surface area contributed by atoms with E-state index in [1.54, 1.807) is 25.8 Å². The molecular weight excluding hydrogens is 250 g/mol.